The van der Waals surface area contributed by atoms with Crippen LogP contribution in [-0.2, 0) is 10.2 Å². The van der Waals surface area contributed by atoms with Gasteiger partial charge in [0.2, 0.25) is 0 Å². The molecule has 0 aromatic carbocycles. The highest BCUT2D eigenvalue weighted by Gasteiger charge is 2.70. The molecular formula is C10H17F2N3O2S. The fourth-order valence-corrected chi connectivity index (χ4v) is 3.37. The first-order valence-electron chi connectivity index (χ1n) is 5.78. The zero-order chi connectivity index (χ0) is 13.6. The summed E-state index contributed by atoms with van der Waals surface area (Å²) < 4.78 is 54.6. The maximum Gasteiger partial charge on any atom is 0.323 e. The van der Waals surface area contributed by atoms with Crippen molar-refractivity contribution >= 4 is 16.5 Å². The minimum Gasteiger partial charge on any atom is -0.368 e. The minimum atomic E-state index is -3.72. The molecule has 5 nitrogen and oxygen atoms in total. The van der Waals surface area contributed by atoms with Crippen LogP contribution in [0.3, 0.4) is 0 Å². The van der Waals surface area contributed by atoms with Crippen LogP contribution < -0.4 is 0 Å². The average molecular weight is 281 g/mol. The fourth-order valence-electron chi connectivity index (χ4n) is 2.29. The Morgan fingerprint density at radius 3 is 2.17 bits per heavy atom. The molecule has 8 heteroatoms. The number of nitrogens with zero attached hydrogens (tertiary/aromatic N) is 3. The lowest BCUT2D eigenvalue weighted by Gasteiger charge is -2.29. The van der Waals surface area contributed by atoms with Gasteiger partial charge in [-0.25, -0.2) is 8.78 Å². The molecule has 0 unspecified atom stereocenters. The summed E-state index contributed by atoms with van der Waals surface area (Å²) in [5.41, 5.74) is -0.940. The van der Waals surface area contributed by atoms with Crippen LogP contribution >= 0.6 is 0 Å². The Balaban J connectivity index is 1.98. The zero-order valence-electron chi connectivity index (χ0n) is 10.4. The molecule has 18 heavy (non-hydrogen) atoms. The molecule has 2 fully saturated rings. The third kappa shape index (κ3) is 2.35. The molecule has 1 heterocycles. The maximum absolute atomic E-state index is 13.1. The second-order valence-electron chi connectivity index (χ2n) is 5.22. The predicted octanol–water partition coefficient (Wildman–Crippen LogP) is 0.942. The second kappa shape index (κ2) is 4.12. The van der Waals surface area contributed by atoms with Gasteiger partial charge in [-0.05, 0) is 12.8 Å². The van der Waals surface area contributed by atoms with Crippen LogP contribution in [0, 0.1) is 5.41 Å². The van der Waals surface area contributed by atoms with Gasteiger partial charge in [-0.2, -0.15) is 12.7 Å². The molecule has 1 spiro atoms. The quantitative estimate of drug-likeness (QED) is 0.571. The number of alkyl halides is 2. The molecular weight excluding hydrogens is 264 g/mol. The summed E-state index contributed by atoms with van der Waals surface area (Å²) in [4.78, 5) is 1.51. The number of piperidine rings is 1. The highest BCUT2D eigenvalue weighted by atomic mass is 32.2. The Morgan fingerprint density at radius 1 is 1.28 bits per heavy atom. The Labute approximate surface area is 106 Å². The lowest BCUT2D eigenvalue weighted by molar-refractivity contribution is 0.0426. The van der Waals surface area contributed by atoms with Gasteiger partial charge >= 0.3 is 10.2 Å². The molecule has 0 amide bonds. The van der Waals surface area contributed by atoms with E-state index in [-0.39, 0.29) is 32.4 Å². The van der Waals surface area contributed by atoms with Crippen molar-refractivity contribution < 1.29 is 17.2 Å². The molecule has 1 aliphatic carbocycles. The van der Waals surface area contributed by atoms with Crippen molar-refractivity contribution in [2.24, 2.45) is 9.81 Å². The van der Waals surface area contributed by atoms with Crippen LogP contribution in [0.4, 0.5) is 8.78 Å². The van der Waals surface area contributed by atoms with Gasteiger partial charge < -0.3 is 4.90 Å². The van der Waals surface area contributed by atoms with Crippen molar-refractivity contribution in [2.75, 3.05) is 27.2 Å². The van der Waals surface area contributed by atoms with Crippen LogP contribution in [0.25, 0.3) is 0 Å². The molecule has 0 aromatic rings. The van der Waals surface area contributed by atoms with Crippen LogP contribution in [-0.4, -0.2) is 57.1 Å². The summed E-state index contributed by atoms with van der Waals surface area (Å²) in [6.07, 6.45) is 1.54. The van der Waals surface area contributed by atoms with E-state index in [9.17, 15) is 17.2 Å². The van der Waals surface area contributed by atoms with Crippen molar-refractivity contribution in [1.82, 2.24) is 9.21 Å². The Morgan fingerprint density at radius 2 is 1.78 bits per heavy atom. The van der Waals surface area contributed by atoms with Crippen LogP contribution in [0.2, 0.25) is 0 Å². The summed E-state index contributed by atoms with van der Waals surface area (Å²) in [5, 5.41) is 0. The molecule has 0 radical (unpaired) electrons. The predicted molar refractivity (Wildman–Crippen MR) is 63.9 cm³/mol. The van der Waals surface area contributed by atoms with Gasteiger partial charge in [-0.15, -0.1) is 4.40 Å². The van der Waals surface area contributed by atoms with E-state index in [0.717, 1.165) is 0 Å². The first-order chi connectivity index (χ1) is 8.19. The smallest absolute Gasteiger partial charge is 0.323 e. The Bertz CT molecular complexity index is 454. The lowest BCUT2D eigenvalue weighted by Crippen LogP contribution is -2.39. The normalized spacial score (nSPS) is 26.7. The zero-order valence-corrected chi connectivity index (χ0v) is 11.3. The van der Waals surface area contributed by atoms with Crippen LogP contribution in [0.5, 0.6) is 0 Å². The monoisotopic (exact) mass is 281 g/mol. The summed E-state index contributed by atoms with van der Waals surface area (Å²) in [5.74, 6) is -2.60. The van der Waals surface area contributed by atoms with Crippen molar-refractivity contribution in [3.8, 4) is 0 Å². The molecule has 1 saturated heterocycles. The van der Waals surface area contributed by atoms with E-state index in [2.05, 4.69) is 4.40 Å². The molecule has 1 saturated carbocycles. The molecule has 0 atom stereocenters. The molecule has 0 aromatic heterocycles. The van der Waals surface area contributed by atoms with Crippen LogP contribution in [0.15, 0.2) is 4.40 Å². The summed E-state index contributed by atoms with van der Waals surface area (Å²) >= 11 is 0. The van der Waals surface area contributed by atoms with E-state index in [1.807, 2.05) is 0 Å². The molecule has 0 N–H and O–H groups in total. The number of hydrogen-bond acceptors (Lipinski definition) is 2. The third-order valence-electron chi connectivity index (χ3n) is 3.63. The minimum absolute atomic E-state index is 0.102. The molecule has 104 valence electrons. The van der Waals surface area contributed by atoms with E-state index >= 15 is 0 Å². The Hall–Kier alpha value is -0.760. The van der Waals surface area contributed by atoms with Gasteiger partial charge in [-0.1, -0.05) is 0 Å². The first kappa shape index (κ1) is 13.7. The van der Waals surface area contributed by atoms with Gasteiger partial charge in [0, 0.05) is 39.0 Å². The second-order valence-corrected chi connectivity index (χ2v) is 6.85. The molecule has 2 aliphatic rings. The van der Waals surface area contributed by atoms with E-state index in [1.54, 1.807) is 14.1 Å². The summed E-state index contributed by atoms with van der Waals surface area (Å²) in [6, 6.07) is 0. The number of hydrogen-bond donors (Lipinski definition) is 0. The topological polar surface area (TPSA) is 53.0 Å². The van der Waals surface area contributed by atoms with Gasteiger partial charge in [0.25, 0.3) is 5.92 Å². The third-order valence-corrected chi connectivity index (χ3v) is 5.01. The lowest BCUT2D eigenvalue weighted by atomic mass is 9.94. The van der Waals surface area contributed by atoms with Crippen molar-refractivity contribution in [2.45, 2.75) is 25.2 Å². The van der Waals surface area contributed by atoms with E-state index in [4.69, 9.17) is 0 Å². The molecule has 0 bridgehead atoms. The largest absolute Gasteiger partial charge is 0.368 e. The molecule has 2 rings (SSSR count). The van der Waals surface area contributed by atoms with Gasteiger partial charge in [-0.3, -0.25) is 0 Å². The van der Waals surface area contributed by atoms with E-state index < -0.39 is 21.5 Å². The Kier molecular flexibility index (Phi) is 3.13. The summed E-state index contributed by atoms with van der Waals surface area (Å²) in [6.45, 7) is 0.255. The fraction of sp³-hybridized carbons (Fsp3) is 0.900. The maximum atomic E-state index is 13.1. The van der Waals surface area contributed by atoms with Crippen molar-refractivity contribution in [1.29, 1.82) is 0 Å². The van der Waals surface area contributed by atoms with Gasteiger partial charge in [0.05, 0.1) is 0 Å². The van der Waals surface area contributed by atoms with E-state index in [1.165, 1.54) is 15.5 Å². The van der Waals surface area contributed by atoms with E-state index in [0.29, 0.717) is 0 Å². The first-order valence-corrected chi connectivity index (χ1v) is 7.18. The number of rotatable bonds is 3. The highest BCUT2D eigenvalue weighted by molar-refractivity contribution is 7.87. The van der Waals surface area contributed by atoms with Gasteiger partial charge in [0.1, 0.15) is 6.34 Å². The van der Waals surface area contributed by atoms with Crippen molar-refractivity contribution in [3.05, 3.63) is 0 Å². The van der Waals surface area contributed by atoms with Crippen molar-refractivity contribution in [3.63, 3.8) is 0 Å². The SMILES string of the molecule is CN(C)/C=N/S(=O)(=O)N1CCC2(CC1)CC2(F)F. The average Bonchev–Trinajstić information content (AvgIpc) is 2.77. The molecule has 1 aliphatic heterocycles. The van der Waals surface area contributed by atoms with Gasteiger partial charge in [0.15, 0.2) is 0 Å². The summed E-state index contributed by atoms with van der Waals surface area (Å²) in [7, 11) is -0.399. The number of halogens is 2. The standard InChI is InChI=1S/C10H17F2N3O2S/c1-14(2)8-13-18(16,17)15-5-3-9(4-6-15)7-10(9,11)12/h8H,3-7H2,1-2H3/b13-8+. The highest BCUT2D eigenvalue weighted by Crippen LogP contribution is 2.65. The van der Waals surface area contributed by atoms with Crippen LogP contribution in [0.1, 0.15) is 19.3 Å².